The Morgan fingerprint density at radius 3 is 2.77 bits per heavy atom. The summed E-state index contributed by atoms with van der Waals surface area (Å²) in [6.07, 6.45) is 0.193. The molecule has 8 nitrogen and oxygen atoms in total. The van der Waals surface area contributed by atoms with Crippen molar-refractivity contribution in [1.29, 1.82) is 0 Å². The summed E-state index contributed by atoms with van der Waals surface area (Å²) in [4.78, 5) is 26.9. The molecule has 2 aliphatic heterocycles. The third-order valence-corrected chi connectivity index (χ3v) is 8.85. The fourth-order valence-electron chi connectivity index (χ4n) is 3.65. The van der Waals surface area contributed by atoms with Crippen LogP contribution in [0.2, 0.25) is 4.34 Å². The van der Waals surface area contributed by atoms with Gasteiger partial charge in [0.05, 0.1) is 31.6 Å². The molecule has 1 saturated heterocycles. The van der Waals surface area contributed by atoms with Crippen LogP contribution in [0.4, 0.5) is 10.5 Å². The van der Waals surface area contributed by atoms with Crippen molar-refractivity contribution in [3.8, 4) is 5.75 Å². The van der Waals surface area contributed by atoms with Gasteiger partial charge in [0, 0.05) is 6.07 Å². The monoisotopic (exact) mass is 468 g/mol. The molecular formula is C19H17ClN2O6S2. The van der Waals surface area contributed by atoms with E-state index in [-0.39, 0.29) is 29.2 Å². The van der Waals surface area contributed by atoms with Crippen LogP contribution < -0.4 is 15.0 Å². The summed E-state index contributed by atoms with van der Waals surface area (Å²) in [6.45, 7) is 0.255. The lowest BCUT2D eigenvalue weighted by Crippen LogP contribution is -2.47. The highest BCUT2D eigenvalue weighted by atomic mass is 35.5. The van der Waals surface area contributed by atoms with Crippen molar-refractivity contribution in [2.75, 3.05) is 18.1 Å². The molecular weight excluding hydrogens is 452 g/mol. The number of hydrogen-bond acceptors (Lipinski definition) is 7. The van der Waals surface area contributed by atoms with E-state index in [2.05, 4.69) is 5.32 Å². The third kappa shape index (κ3) is 3.32. The number of ether oxygens (including phenoxy) is 2. The zero-order chi connectivity index (χ0) is 21.0. The predicted molar refractivity (Wildman–Crippen MR) is 110 cm³/mol. The number of nitrogens with zero attached hydrogens (tertiary/aromatic N) is 1. The predicted octanol–water partition coefficient (Wildman–Crippen LogP) is 2.85. The highest BCUT2D eigenvalue weighted by molar-refractivity contribution is 7.92. The maximum Gasteiger partial charge on any atom is 0.415 e. The first-order chi connectivity index (χ1) is 14.3. The molecule has 3 aliphatic rings. The summed E-state index contributed by atoms with van der Waals surface area (Å²) in [5.41, 5.74) is 0.463. The molecule has 11 heteroatoms. The fourth-order valence-corrected chi connectivity index (χ4v) is 6.28. The molecule has 30 heavy (non-hydrogen) atoms. The second kappa shape index (κ2) is 7.14. The van der Waals surface area contributed by atoms with E-state index in [1.165, 1.54) is 17.0 Å². The van der Waals surface area contributed by atoms with Gasteiger partial charge in [0.2, 0.25) is 0 Å². The van der Waals surface area contributed by atoms with Crippen LogP contribution in [0.1, 0.15) is 22.5 Å². The van der Waals surface area contributed by atoms with E-state index in [0.717, 1.165) is 11.3 Å². The Kier molecular flexibility index (Phi) is 4.68. The molecule has 1 aromatic carbocycles. The first kappa shape index (κ1) is 19.7. The van der Waals surface area contributed by atoms with Gasteiger partial charge in [0.1, 0.15) is 24.5 Å². The van der Waals surface area contributed by atoms with Gasteiger partial charge in [-0.05, 0) is 37.1 Å². The first-order valence-corrected chi connectivity index (χ1v) is 12.1. The Morgan fingerprint density at radius 2 is 2.07 bits per heavy atom. The second-order valence-electron chi connectivity index (χ2n) is 7.36. The number of halogens is 1. The smallest absolute Gasteiger partial charge is 0.415 e. The first-order valence-electron chi connectivity index (χ1n) is 9.39. The molecule has 2 fully saturated rings. The molecule has 1 aliphatic carbocycles. The average Bonchev–Trinajstić information content (AvgIpc) is 3.43. The van der Waals surface area contributed by atoms with Gasteiger partial charge in [-0.2, -0.15) is 0 Å². The quantitative estimate of drug-likeness (QED) is 0.724. The molecule has 5 rings (SSSR count). The van der Waals surface area contributed by atoms with E-state index in [1.807, 2.05) is 0 Å². The summed E-state index contributed by atoms with van der Waals surface area (Å²) in [5.74, 6) is 0.0382. The molecule has 1 saturated carbocycles. The molecule has 1 N–H and O–H groups in total. The second-order valence-corrected chi connectivity index (χ2v) is 11.3. The number of sulfone groups is 1. The molecule has 0 radical (unpaired) electrons. The number of carbonyl (C=O) groups excluding carboxylic acids is 2. The standard InChI is InChI=1S/C19H17ClN2O6S2/c20-17-6-5-16(29-17)18(23)21-8-15-13-9-27-14-7-11(30(25,26)10-1-2-10)3-4-12(14)22(13)19(24)28-15/h3-7,10,13,15H,1-2,8-9H2,(H,21,23)/t13-,15-/m0/s1. The van der Waals surface area contributed by atoms with Gasteiger partial charge in [0.25, 0.3) is 5.91 Å². The zero-order valence-corrected chi connectivity index (χ0v) is 17.9. The Labute approximate surface area is 181 Å². The molecule has 0 spiro atoms. The van der Waals surface area contributed by atoms with E-state index in [9.17, 15) is 18.0 Å². The summed E-state index contributed by atoms with van der Waals surface area (Å²) in [5, 5.41) is 2.43. The van der Waals surface area contributed by atoms with Crippen LogP contribution in [-0.2, 0) is 14.6 Å². The Hall–Kier alpha value is -2.30. The van der Waals surface area contributed by atoms with Crippen LogP contribution in [0.25, 0.3) is 0 Å². The van der Waals surface area contributed by atoms with Gasteiger partial charge < -0.3 is 14.8 Å². The van der Waals surface area contributed by atoms with Crippen molar-refractivity contribution in [3.63, 3.8) is 0 Å². The van der Waals surface area contributed by atoms with Crippen LogP contribution in [0.15, 0.2) is 35.2 Å². The molecule has 2 aromatic rings. The normalized spacial score (nSPS) is 22.7. The zero-order valence-electron chi connectivity index (χ0n) is 15.5. The molecule has 1 aromatic heterocycles. The molecule has 0 unspecified atom stereocenters. The van der Waals surface area contributed by atoms with Gasteiger partial charge in [-0.3, -0.25) is 9.69 Å². The van der Waals surface area contributed by atoms with Gasteiger partial charge in [0.15, 0.2) is 9.84 Å². The molecule has 0 bridgehead atoms. The Morgan fingerprint density at radius 1 is 1.27 bits per heavy atom. The Bertz CT molecular complexity index is 1140. The number of cyclic esters (lactones) is 1. The summed E-state index contributed by atoms with van der Waals surface area (Å²) >= 11 is 7.02. The SMILES string of the molecule is O=C(NC[C@@H]1OC(=O)N2c3ccc(S(=O)(=O)C4CC4)cc3OC[C@@H]12)c1ccc(Cl)s1. The minimum atomic E-state index is -3.36. The van der Waals surface area contributed by atoms with E-state index in [0.29, 0.717) is 33.5 Å². The van der Waals surface area contributed by atoms with Crippen molar-refractivity contribution in [2.45, 2.75) is 35.1 Å². The lowest BCUT2D eigenvalue weighted by atomic mass is 10.1. The molecule has 158 valence electrons. The third-order valence-electron chi connectivity index (χ3n) is 5.36. The van der Waals surface area contributed by atoms with Crippen LogP contribution in [-0.4, -0.2) is 51.0 Å². The fraction of sp³-hybridized carbons (Fsp3) is 0.368. The van der Waals surface area contributed by atoms with Crippen molar-refractivity contribution in [2.24, 2.45) is 0 Å². The summed E-state index contributed by atoms with van der Waals surface area (Å²) in [7, 11) is -3.36. The van der Waals surface area contributed by atoms with Gasteiger partial charge in [-0.15, -0.1) is 11.3 Å². The van der Waals surface area contributed by atoms with Gasteiger partial charge >= 0.3 is 6.09 Å². The van der Waals surface area contributed by atoms with E-state index in [4.69, 9.17) is 21.1 Å². The maximum absolute atomic E-state index is 12.5. The van der Waals surface area contributed by atoms with Crippen LogP contribution >= 0.6 is 22.9 Å². The number of thiophene rings is 1. The lowest BCUT2D eigenvalue weighted by Gasteiger charge is -2.31. The highest BCUT2D eigenvalue weighted by Gasteiger charge is 2.47. The number of benzene rings is 1. The van der Waals surface area contributed by atoms with Crippen molar-refractivity contribution in [3.05, 3.63) is 39.5 Å². The van der Waals surface area contributed by atoms with Gasteiger partial charge in [-0.25, -0.2) is 13.2 Å². The minimum absolute atomic E-state index is 0.119. The summed E-state index contributed by atoms with van der Waals surface area (Å²) in [6, 6.07) is 7.39. The topological polar surface area (TPSA) is 102 Å². The number of amides is 2. The van der Waals surface area contributed by atoms with Crippen LogP contribution in [0.3, 0.4) is 0 Å². The van der Waals surface area contributed by atoms with Crippen LogP contribution in [0.5, 0.6) is 5.75 Å². The maximum atomic E-state index is 12.5. The number of fused-ring (bicyclic) bond motifs is 3. The largest absolute Gasteiger partial charge is 0.489 e. The van der Waals surface area contributed by atoms with Gasteiger partial charge in [-0.1, -0.05) is 11.6 Å². The number of nitrogens with one attached hydrogen (secondary N) is 1. The Balaban J connectivity index is 1.32. The number of hydrogen-bond donors (Lipinski definition) is 1. The average molecular weight is 469 g/mol. The van der Waals surface area contributed by atoms with Crippen molar-refractivity contribution >= 4 is 50.5 Å². The lowest BCUT2D eigenvalue weighted by molar-refractivity contribution is 0.0890. The van der Waals surface area contributed by atoms with Crippen LogP contribution in [0, 0.1) is 0 Å². The molecule has 2 atom stereocenters. The minimum Gasteiger partial charge on any atom is -0.489 e. The van der Waals surface area contributed by atoms with E-state index >= 15 is 0 Å². The molecule has 3 heterocycles. The van der Waals surface area contributed by atoms with E-state index in [1.54, 1.807) is 18.2 Å². The van der Waals surface area contributed by atoms with Crippen molar-refractivity contribution in [1.82, 2.24) is 5.32 Å². The highest BCUT2D eigenvalue weighted by Crippen LogP contribution is 2.42. The number of rotatable bonds is 5. The van der Waals surface area contributed by atoms with Crippen molar-refractivity contribution < 1.29 is 27.5 Å². The van der Waals surface area contributed by atoms with E-state index < -0.39 is 28.1 Å². The summed E-state index contributed by atoms with van der Waals surface area (Å²) < 4.78 is 36.7. The number of anilines is 1. The number of carbonyl (C=O) groups is 2. The molecule has 2 amide bonds.